The molecule has 5 heteroatoms. The number of likely N-dealkylation sites (tertiary alicyclic amines) is 1. The normalized spacial score (nSPS) is 27.6. The minimum Gasteiger partial charge on any atom is -0.391 e. The van der Waals surface area contributed by atoms with E-state index in [0.717, 1.165) is 50.9 Å². The molecule has 1 saturated carbocycles. The predicted molar refractivity (Wildman–Crippen MR) is 88.7 cm³/mol. The lowest BCUT2D eigenvalue weighted by molar-refractivity contribution is 0.00715. The molecular formula is C17H25N3OS. The summed E-state index contributed by atoms with van der Waals surface area (Å²) in [6.07, 6.45) is 6.77. The molecule has 1 aliphatic heterocycles. The van der Waals surface area contributed by atoms with Crippen molar-refractivity contribution in [2.24, 2.45) is 0 Å². The van der Waals surface area contributed by atoms with Gasteiger partial charge >= 0.3 is 0 Å². The molecule has 1 aromatic rings. The molecule has 0 bridgehead atoms. The molecule has 0 amide bonds. The fourth-order valence-electron chi connectivity index (χ4n) is 3.73. The van der Waals surface area contributed by atoms with Gasteiger partial charge < -0.3 is 10.4 Å². The molecule has 1 aliphatic carbocycles. The van der Waals surface area contributed by atoms with Crippen LogP contribution in [0.5, 0.6) is 0 Å². The van der Waals surface area contributed by atoms with Gasteiger partial charge in [-0.25, -0.2) is 0 Å². The topological polar surface area (TPSA) is 59.3 Å². The van der Waals surface area contributed by atoms with E-state index in [1.807, 2.05) is 11.4 Å². The van der Waals surface area contributed by atoms with E-state index >= 15 is 0 Å². The number of rotatable bonds is 4. The van der Waals surface area contributed by atoms with Crippen LogP contribution in [0.15, 0.2) is 11.4 Å². The number of nitrogens with one attached hydrogen (secondary N) is 1. The lowest BCUT2D eigenvalue weighted by Crippen LogP contribution is -2.51. The van der Waals surface area contributed by atoms with Crippen molar-refractivity contribution < 1.29 is 5.11 Å². The van der Waals surface area contributed by atoms with Gasteiger partial charge in [0.2, 0.25) is 0 Å². The molecule has 2 atom stereocenters. The third-order valence-corrected chi connectivity index (χ3v) is 5.98. The van der Waals surface area contributed by atoms with Crippen molar-refractivity contribution in [1.82, 2.24) is 10.2 Å². The van der Waals surface area contributed by atoms with Gasteiger partial charge in [-0.1, -0.05) is 12.8 Å². The summed E-state index contributed by atoms with van der Waals surface area (Å²) < 4.78 is 0. The van der Waals surface area contributed by atoms with Crippen LogP contribution in [0.25, 0.3) is 0 Å². The molecule has 0 spiro atoms. The molecule has 2 aliphatic rings. The van der Waals surface area contributed by atoms with Crippen LogP contribution in [0.2, 0.25) is 0 Å². The maximum Gasteiger partial charge on any atom is 0.100 e. The van der Waals surface area contributed by atoms with Crippen LogP contribution in [-0.4, -0.2) is 41.3 Å². The zero-order valence-corrected chi connectivity index (χ0v) is 13.8. The van der Waals surface area contributed by atoms with Crippen molar-refractivity contribution in [3.05, 3.63) is 21.9 Å². The summed E-state index contributed by atoms with van der Waals surface area (Å²) in [5.74, 6) is 0. The molecule has 2 heterocycles. The van der Waals surface area contributed by atoms with Crippen LogP contribution in [-0.2, 0) is 6.54 Å². The fraction of sp³-hybridized carbons (Fsp3) is 0.706. The maximum absolute atomic E-state index is 10.2. The lowest BCUT2D eigenvalue weighted by Gasteiger charge is -2.41. The highest BCUT2D eigenvalue weighted by Crippen LogP contribution is 2.26. The quantitative estimate of drug-likeness (QED) is 0.895. The van der Waals surface area contributed by atoms with Crippen LogP contribution in [0.1, 0.15) is 49.0 Å². The minimum atomic E-state index is -0.117. The van der Waals surface area contributed by atoms with Crippen LogP contribution in [0.4, 0.5) is 0 Å². The van der Waals surface area contributed by atoms with Crippen molar-refractivity contribution in [2.75, 3.05) is 13.1 Å². The van der Waals surface area contributed by atoms with E-state index in [-0.39, 0.29) is 6.10 Å². The first kappa shape index (κ1) is 15.9. The summed E-state index contributed by atoms with van der Waals surface area (Å²) in [5.41, 5.74) is 0.767. The number of hydrogen-bond acceptors (Lipinski definition) is 5. The average Bonchev–Trinajstić information content (AvgIpc) is 3.02. The molecule has 0 radical (unpaired) electrons. The SMILES string of the molecule is N#Cc1csc(CNC2CCN(C3CCCCC3O)CC2)c1. The minimum absolute atomic E-state index is 0.117. The number of aliphatic hydroxyl groups is 1. The summed E-state index contributed by atoms with van der Waals surface area (Å²) in [4.78, 5) is 3.74. The highest BCUT2D eigenvalue weighted by atomic mass is 32.1. The van der Waals surface area contributed by atoms with E-state index in [4.69, 9.17) is 5.26 Å². The maximum atomic E-state index is 10.2. The Labute approximate surface area is 136 Å². The standard InChI is InChI=1S/C17H25N3OS/c18-10-13-9-15(22-12-13)11-19-14-5-7-20(8-6-14)16-3-1-2-4-17(16)21/h9,12,14,16-17,19,21H,1-8,11H2. The van der Waals surface area contributed by atoms with Crippen LogP contribution < -0.4 is 5.32 Å². The molecule has 2 unspecified atom stereocenters. The zero-order valence-electron chi connectivity index (χ0n) is 13.0. The third-order valence-electron chi connectivity index (χ3n) is 5.04. The zero-order chi connectivity index (χ0) is 15.4. The Balaban J connectivity index is 1.42. The Bertz CT molecular complexity index is 516. The molecule has 0 aromatic carbocycles. The highest BCUT2D eigenvalue weighted by Gasteiger charge is 2.31. The molecule has 2 fully saturated rings. The second kappa shape index (κ2) is 7.56. The smallest absolute Gasteiger partial charge is 0.100 e. The number of aliphatic hydroxyl groups excluding tert-OH is 1. The highest BCUT2D eigenvalue weighted by molar-refractivity contribution is 7.10. The van der Waals surface area contributed by atoms with Gasteiger partial charge in [0, 0.05) is 42.0 Å². The Morgan fingerprint density at radius 2 is 2.05 bits per heavy atom. The van der Waals surface area contributed by atoms with Crippen LogP contribution >= 0.6 is 11.3 Å². The molecular weight excluding hydrogens is 294 g/mol. The van der Waals surface area contributed by atoms with Crippen LogP contribution in [0, 0.1) is 11.3 Å². The molecule has 22 heavy (non-hydrogen) atoms. The molecule has 120 valence electrons. The van der Waals surface area contributed by atoms with Gasteiger partial charge in [-0.3, -0.25) is 4.90 Å². The Morgan fingerprint density at radius 1 is 1.27 bits per heavy atom. The number of thiophene rings is 1. The third kappa shape index (κ3) is 3.88. The van der Waals surface area contributed by atoms with Crippen molar-refractivity contribution in [3.8, 4) is 6.07 Å². The van der Waals surface area contributed by atoms with Gasteiger partial charge in [0.1, 0.15) is 6.07 Å². The number of hydrogen-bond donors (Lipinski definition) is 2. The molecule has 1 aromatic heterocycles. The number of nitriles is 1. The van der Waals surface area contributed by atoms with Crippen LogP contribution in [0.3, 0.4) is 0 Å². The second-order valence-electron chi connectivity index (χ2n) is 6.52. The van der Waals surface area contributed by atoms with Gasteiger partial charge in [0.15, 0.2) is 0 Å². The first-order valence-corrected chi connectivity index (χ1v) is 9.27. The predicted octanol–water partition coefficient (Wildman–Crippen LogP) is 2.48. The van der Waals surface area contributed by atoms with E-state index in [2.05, 4.69) is 16.3 Å². The van der Waals surface area contributed by atoms with E-state index in [9.17, 15) is 5.11 Å². The fourth-order valence-corrected chi connectivity index (χ4v) is 4.49. The lowest BCUT2D eigenvalue weighted by atomic mass is 9.89. The van der Waals surface area contributed by atoms with E-state index < -0.39 is 0 Å². The van der Waals surface area contributed by atoms with Crippen molar-refractivity contribution >= 4 is 11.3 Å². The first-order chi connectivity index (χ1) is 10.8. The number of nitrogens with zero attached hydrogens (tertiary/aromatic N) is 2. The van der Waals surface area contributed by atoms with Gasteiger partial charge in [-0.05, 0) is 31.7 Å². The summed E-state index contributed by atoms with van der Waals surface area (Å²) in [7, 11) is 0. The van der Waals surface area contributed by atoms with Gasteiger partial charge in [0.25, 0.3) is 0 Å². The van der Waals surface area contributed by atoms with E-state index in [1.165, 1.54) is 17.7 Å². The second-order valence-corrected chi connectivity index (χ2v) is 7.52. The summed E-state index contributed by atoms with van der Waals surface area (Å²) in [5, 5.41) is 24.6. The average molecular weight is 319 g/mol. The molecule has 1 saturated heterocycles. The largest absolute Gasteiger partial charge is 0.391 e. The summed E-state index contributed by atoms with van der Waals surface area (Å²) >= 11 is 1.66. The molecule has 3 rings (SSSR count). The van der Waals surface area contributed by atoms with Crippen molar-refractivity contribution in [2.45, 2.75) is 63.3 Å². The van der Waals surface area contributed by atoms with E-state index in [0.29, 0.717) is 12.1 Å². The van der Waals surface area contributed by atoms with Gasteiger partial charge in [-0.15, -0.1) is 11.3 Å². The molecule has 4 nitrogen and oxygen atoms in total. The van der Waals surface area contributed by atoms with E-state index in [1.54, 1.807) is 11.3 Å². The summed E-state index contributed by atoms with van der Waals surface area (Å²) in [6, 6.07) is 5.11. The Hall–Kier alpha value is -0.930. The Morgan fingerprint density at radius 3 is 2.73 bits per heavy atom. The van der Waals surface area contributed by atoms with Gasteiger partial charge in [0.05, 0.1) is 11.7 Å². The number of piperidine rings is 1. The van der Waals surface area contributed by atoms with Gasteiger partial charge in [-0.2, -0.15) is 5.26 Å². The van der Waals surface area contributed by atoms with Crippen molar-refractivity contribution in [3.63, 3.8) is 0 Å². The Kier molecular flexibility index (Phi) is 5.48. The summed E-state index contributed by atoms with van der Waals surface area (Å²) in [6.45, 7) is 3.05. The molecule has 2 N–H and O–H groups in total. The monoisotopic (exact) mass is 319 g/mol. The van der Waals surface area contributed by atoms with Crippen molar-refractivity contribution in [1.29, 1.82) is 5.26 Å². The first-order valence-electron chi connectivity index (χ1n) is 8.39.